The molecule has 0 saturated heterocycles. The van der Waals surface area contributed by atoms with Gasteiger partial charge in [-0.3, -0.25) is 5.43 Å². The topological polar surface area (TPSA) is 74.7 Å². The number of nitrogens with zero attached hydrogens (tertiary/aromatic N) is 3. The molecule has 0 amide bonds. The first-order valence-electron chi connectivity index (χ1n) is 8.53. The Labute approximate surface area is 162 Å². The van der Waals surface area contributed by atoms with Gasteiger partial charge in [0, 0.05) is 19.3 Å². The lowest BCUT2D eigenvalue weighted by molar-refractivity contribution is -0.137. The summed E-state index contributed by atoms with van der Waals surface area (Å²) in [5.74, 6) is 0.268. The second-order valence-electron chi connectivity index (χ2n) is 5.86. The lowest BCUT2D eigenvalue weighted by Gasteiger charge is -2.18. The van der Waals surface area contributed by atoms with Gasteiger partial charge in [0.15, 0.2) is 0 Å². The molecule has 0 aliphatic rings. The lowest BCUT2D eigenvalue weighted by Crippen LogP contribution is -2.30. The minimum atomic E-state index is -4.43. The fraction of sp³-hybridized carbons (Fsp3) is 0.333. The van der Waals surface area contributed by atoms with Crippen molar-refractivity contribution in [2.24, 2.45) is 5.10 Å². The van der Waals surface area contributed by atoms with Crippen molar-refractivity contribution in [3.8, 4) is 0 Å². The van der Waals surface area contributed by atoms with Crippen molar-refractivity contribution in [1.29, 1.82) is 0 Å². The number of benzene rings is 1. The van der Waals surface area contributed by atoms with E-state index in [4.69, 9.17) is 0 Å². The third-order valence-electron chi connectivity index (χ3n) is 4.03. The highest BCUT2D eigenvalue weighted by Gasteiger charge is 2.30. The molecule has 6 nitrogen and oxygen atoms in total. The molecule has 0 fully saturated rings. The molecule has 1 N–H and O–H groups in total. The molecule has 0 unspecified atom stereocenters. The molecule has 1 heterocycles. The third-order valence-corrected chi connectivity index (χ3v) is 6.06. The third kappa shape index (κ3) is 5.08. The van der Waals surface area contributed by atoms with Crippen LogP contribution in [0, 0.1) is 0 Å². The monoisotopic (exact) mass is 414 g/mol. The Kier molecular flexibility index (Phi) is 6.78. The molecule has 2 rings (SSSR count). The van der Waals surface area contributed by atoms with Gasteiger partial charge >= 0.3 is 6.18 Å². The number of anilines is 1. The lowest BCUT2D eigenvalue weighted by atomic mass is 10.1. The zero-order chi connectivity index (χ0) is 20.9. The minimum absolute atomic E-state index is 0.0559. The van der Waals surface area contributed by atoms with Gasteiger partial charge in [-0.05, 0) is 36.8 Å². The summed E-state index contributed by atoms with van der Waals surface area (Å²) >= 11 is 0. The largest absolute Gasteiger partial charge is 0.416 e. The minimum Gasteiger partial charge on any atom is -0.261 e. The van der Waals surface area contributed by atoms with E-state index in [2.05, 4.69) is 15.5 Å². The molecule has 0 aliphatic carbocycles. The van der Waals surface area contributed by atoms with Crippen LogP contribution in [0.25, 0.3) is 0 Å². The number of alkyl halides is 3. The molecule has 10 heteroatoms. The second-order valence-corrected chi connectivity index (χ2v) is 7.79. The van der Waals surface area contributed by atoms with Crippen molar-refractivity contribution in [2.75, 3.05) is 18.5 Å². The SMILES string of the molecule is CCN(CC)S(=O)(=O)c1ccc(NN=C(C)c2cccc(C(F)(F)F)c2)nc1. The molecule has 1 aromatic carbocycles. The van der Waals surface area contributed by atoms with E-state index in [1.807, 2.05) is 0 Å². The summed E-state index contributed by atoms with van der Waals surface area (Å²) in [7, 11) is -3.61. The van der Waals surface area contributed by atoms with Crippen molar-refractivity contribution in [1.82, 2.24) is 9.29 Å². The zero-order valence-electron chi connectivity index (χ0n) is 15.7. The number of pyridine rings is 1. The van der Waals surface area contributed by atoms with Gasteiger partial charge < -0.3 is 0 Å². The molecule has 0 spiro atoms. The van der Waals surface area contributed by atoms with E-state index in [-0.39, 0.29) is 10.7 Å². The van der Waals surface area contributed by atoms with E-state index in [0.717, 1.165) is 12.1 Å². The highest BCUT2D eigenvalue weighted by Crippen LogP contribution is 2.29. The number of hydrazone groups is 1. The fourth-order valence-electron chi connectivity index (χ4n) is 2.44. The Bertz CT molecular complexity index is 938. The van der Waals surface area contributed by atoms with Crippen LogP contribution in [0.3, 0.4) is 0 Å². The first-order chi connectivity index (χ1) is 13.1. The number of nitrogens with one attached hydrogen (secondary N) is 1. The average molecular weight is 414 g/mol. The normalized spacial score (nSPS) is 13.0. The number of sulfonamides is 1. The summed E-state index contributed by atoms with van der Waals surface area (Å²) in [6, 6.07) is 7.66. The Morgan fingerprint density at radius 1 is 1.18 bits per heavy atom. The van der Waals surface area contributed by atoms with E-state index >= 15 is 0 Å². The van der Waals surface area contributed by atoms with Crippen molar-refractivity contribution >= 4 is 21.6 Å². The smallest absolute Gasteiger partial charge is 0.261 e. The van der Waals surface area contributed by atoms with Gasteiger partial charge in [0.2, 0.25) is 10.0 Å². The average Bonchev–Trinajstić information content (AvgIpc) is 2.66. The predicted molar refractivity (Wildman–Crippen MR) is 102 cm³/mol. The highest BCUT2D eigenvalue weighted by atomic mass is 32.2. The summed E-state index contributed by atoms with van der Waals surface area (Å²) in [6.45, 7) is 5.74. The zero-order valence-corrected chi connectivity index (χ0v) is 16.5. The maximum Gasteiger partial charge on any atom is 0.416 e. The van der Waals surface area contributed by atoms with Crippen molar-refractivity contribution < 1.29 is 21.6 Å². The molecule has 0 aliphatic heterocycles. The van der Waals surface area contributed by atoms with Crippen LogP contribution in [-0.2, 0) is 16.2 Å². The summed E-state index contributed by atoms with van der Waals surface area (Å²) in [4.78, 5) is 4.07. The van der Waals surface area contributed by atoms with Crippen LogP contribution in [0.2, 0.25) is 0 Å². The Balaban J connectivity index is 2.17. The van der Waals surface area contributed by atoms with Crippen LogP contribution in [0.1, 0.15) is 31.9 Å². The maximum absolute atomic E-state index is 12.8. The van der Waals surface area contributed by atoms with Gasteiger partial charge in [0.1, 0.15) is 10.7 Å². The van der Waals surface area contributed by atoms with Gasteiger partial charge in [0.25, 0.3) is 0 Å². The van der Waals surface area contributed by atoms with Gasteiger partial charge in [-0.25, -0.2) is 13.4 Å². The first kappa shape index (κ1) is 21.8. The van der Waals surface area contributed by atoms with Crippen LogP contribution in [-0.4, -0.2) is 36.5 Å². The van der Waals surface area contributed by atoms with E-state index in [9.17, 15) is 21.6 Å². The standard InChI is InChI=1S/C18H21F3N4O2S/c1-4-25(5-2)28(26,27)16-9-10-17(22-12-16)24-23-13(3)14-7-6-8-15(11-14)18(19,20)21/h6-12H,4-5H2,1-3H3,(H,22,24). The van der Waals surface area contributed by atoms with Crippen molar-refractivity contribution in [3.63, 3.8) is 0 Å². The number of halogens is 3. The van der Waals surface area contributed by atoms with Crippen molar-refractivity contribution in [2.45, 2.75) is 31.8 Å². The van der Waals surface area contributed by atoms with E-state index in [1.54, 1.807) is 20.8 Å². The Morgan fingerprint density at radius 3 is 2.39 bits per heavy atom. The Hall–Kier alpha value is -2.46. The van der Waals surface area contributed by atoms with Gasteiger partial charge in [-0.2, -0.15) is 22.6 Å². The van der Waals surface area contributed by atoms with Crippen LogP contribution in [0.5, 0.6) is 0 Å². The van der Waals surface area contributed by atoms with Crippen LogP contribution >= 0.6 is 0 Å². The molecular weight excluding hydrogens is 393 g/mol. The molecule has 152 valence electrons. The number of hydrogen-bond acceptors (Lipinski definition) is 5. The molecule has 0 radical (unpaired) electrons. The number of aromatic nitrogens is 1. The molecular formula is C18H21F3N4O2S. The first-order valence-corrected chi connectivity index (χ1v) is 9.97. The number of rotatable bonds is 7. The Morgan fingerprint density at radius 2 is 1.86 bits per heavy atom. The maximum atomic E-state index is 12.8. The van der Waals surface area contributed by atoms with E-state index < -0.39 is 21.8 Å². The van der Waals surface area contributed by atoms with Gasteiger partial charge in [0.05, 0.1) is 11.3 Å². The summed E-state index contributed by atoms with van der Waals surface area (Å²) < 4.78 is 64.6. The molecule has 28 heavy (non-hydrogen) atoms. The summed E-state index contributed by atoms with van der Waals surface area (Å²) in [5.41, 5.74) is 2.50. The number of hydrogen-bond donors (Lipinski definition) is 1. The highest BCUT2D eigenvalue weighted by molar-refractivity contribution is 7.89. The van der Waals surface area contributed by atoms with Crippen LogP contribution in [0.4, 0.5) is 19.0 Å². The molecule has 0 bridgehead atoms. The van der Waals surface area contributed by atoms with Crippen LogP contribution < -0.4 is 5.43 Å². The quantitative estimate of drug-likeness (QED) is 0.550. The predicted octanol–water partition coefficient (Wildman–Crippen LogP) is 3.97. The van der Waals surface area contributed by atoms with E-state index in [0.29, 0.717) is 24.4 Å². The second kappa shape index (κ2) is 8.70. The summed E-state index contributed by atoms with van der Waals surface area (Å²) in [5, 5.41) is 4.02. The molecule has 0 saturated carbocycles. The van der Waals surface area contributed by atoms with Gasteiger partial charge in [-0.15, -0.1) is 0 Å². The molecule has 1 aromatic heterocycles. The van der Waals surface area contributed by atoms with Crippen molar-refractivity contribution in [3.05, 3.63) is 53.7 Å². The summed E-state index contributed by atoms with van der Waals surface area (Å²) in [6.07, 6.45) is -3.22. The van der Waals surface area contributed by atoms with Gasteiger partial charge in [-0.1, -0.05) is 26.0 Å². The molecule has 2 aromatic rings. The molecule has 0 atom stereocenters. The van der Waals surface area contributed by atoms with E-state index in [1.165, 1.54) is 34.8 Å². The fourth-order valence-corrected chi connectivity index (χ4v) is 3.84. The van der Waals surface area contributed by atoms with Crippen LogP contribution in [0.15, 0.2) is 52.6 Å².